The highest BCUT2D eigenvalue weighted by Crippen LogP contribution is 2.28. The summed E-state index contributed by atoms with van der Waals surface area (Å²) in [5.41, 5.74) is 2.98. The van der Waals surface area contributed by atoms with Gasteiger partial charge in [0.05, 0.1) is 28.2 Å². The normalized spacial score (nSPS) is 11.5. The minimum absolute atomic E-state index is 0.160. The van der Waals surface area contributed by atoms with Crippen molar-refractivity contribution >= 4 is 51.0 Å². The minimum atomic E-state index is -3.75. The second-order valence-corrected chi connectivity index (χ2v) is 7.93. The number of hydrogen-bond acceptors (Lipinski definition) is 4. The van der Waals surface area contributed by atoms with Crippen molar-refractivity contribution in [3.05, 3.63) is 63.9 Å². The van der Waals surface area contributed by atoms with Gasteiger partial charge >= 0.3 is 0 Å². The molecule has 6 nitrogen and oxygen atoms in total. The first-order valence-corrected chi connectivity index (χ1v) is 9.77. The van der Waals surface area contributed by atoms with Gasteiger partial charge < -0.3 is 0 Å². The van der Waals surface area contributed by atoms with Gasteiger partial charge in [-0.25, -0.2) is 18.2 Å². The first-order valence-electron chi connectivity index (χ1n) is 7.17. The molecule has 1 amide bonds. The van der Waals surface area contributed by atoms with Crippen LogP contribution in [-0.4, -0.2) is 33.3 Å². The van der Waals surface area contributed by atoms with Gasteiger partial charge in [-0.3, -0.25) is 9.10 Å². The van der Waals surface area contributed by atoms with E-state index >= 15 is 0 Å². The Morgan fingerprint density at radius 1 is 1.19 bits per heavy atom. The fraction of sp³-hybridized carbons (Fsp3) is 0.125. The van der Waals surface area contributed by atoms with Gasteiger partial charge in [0.2, 0.25) is 10.0 Å². The standard InChI is InChI=1S/C16H14Cl2FN3O3S/c1-26(24,25)22(13-6-7-14(17)15(18)8-13)10-16(23)21-20-9-11-2-4-12(19)5-3-11/h2-9H,10H2,1H3,(H,21,23)/b20-9-. The van der Waals surface area contributed by atoms with Gasteiger partial charge in [0.15, 0.2) is 0 Å². The van der Waals surface area contributed by atoms with Crippen molar-refractivity contribution in [3.63, 3.8) is 0 Å². The molecule has 0 aliphatic rings. The van der Waals surface area contributed by atoms with Gasteiger partial charge in [-0.15, -0.1) is 0 Å². The van der Waals surface area contributed by atoms with E-state index in [1.165, 1.54) is 48.7 Å². The Hall–Kier alpha value is -2.16. The van der Waals surface area contributed by atoms with Crippen molar-refractivity contribution < 1.29 is 17.6 Å². The van der Waals surface area contributed by atoms with Gasteiger partial charge in [0.25, 0.3) is 5.91 Å². The highest BCUT2D eigenvalue weighted by molar-refractivity contribution is 7.92. The zero-order valence-electron chi connectivity index (χ0n) is 13.5. The number of benzene rings is 2. The molecule has 0 spiro atoms. The number of sulfonamides is 1. The van der Waals surface area contributed by atoms with Crippen LogP contribution in [-0.2, 0) is 14.8 Å². The molecule has 138 valence electrons. The van der Waals surface area contributed by atoms with E-state index in [2.05, 4.69) is 10.5 Å². The van der Waals surface area contributed by atoms with Gasteiger partial charge in [-0.2, -0.15) is 5.10 Å². The highest BCUT2D eigenvalue weighted by Gasteiger charge is 2.21. The van der Waals surface area contributed by atoms with E-state index in [-0.39, 0.29) is 15.7 Å². The summed E-state index contributed by atoms with van der Waals surface area (Å²) >= 11 is 11.7. The Morgan fingerprint density at radius 2 is 1.85 bits per heavy atom. The summed E-state index contributed by atoms with van der Waals surface area (Å²) in [5.74, 6) is -1.06. The largest absolute Gasteiger partial charge is 0.271 e. The predicted octanol–water partition coefficient (Wildman–Crippen LogP) is 3.05. The molecule has 0 radical (unpaired) electrons. The summed E-state index contributed by atoms with van der Waals surface area (Å²) in [6, 6.07) is 9.66. The number of anilines is 1. The van der Waals surface area contributed by atoms with Gasteiger partial charge in [-0.05, 0) is 35.9 Å². The van der Waals surface area contributed by atoms with Crippen molar-refractivity contribution in [3.8, 4) is 0 Å². The Balaban J connectivity index is 2.09. The van der Waals surface area contributed by atoms with E-state index in [1.54, 1.807) is 0 Å². The zero-order chi connectivity index (χ0) is 19.3. The summed E-state index contributed by atoms with van der Waals surface area (Å²) in [7, 11) is -3.75. The molecule has 2 aromatic carbocycles. The Bertz CT molecular complexity index is 934. The smallest absolute Gasteiger partial charge is 0.260 e. The summed E-state index contributed by atoms with van der Waals surface area (Å²) in [6.45, 7) is -0.502. The molecule has 10 heteroatoms. The van der Waals surface area contributed by atoms with Crippen LogP contribution in [0.2, 0.25) is 10.0 Å². The maximum Gasteiger partial charge on any atom is 0.260 e. The molecule has 0 saturated heterocycles. The summed E-state index contributed by atoms with van der Waals surface area (Å²) < 4.78 is 37.7. The number of carbonyl (C=O) groups is 1. The number of amides is 1. The first-order chi connectivity index (χ1) is 12.2. The third kappa shape index (κ3) is 5.69. The van der Waals surface area contributed by atoms with Gasteiger partial charge in [-0.1, -0.05) is 35.3 Å². The van der Waals surface area contributed by atoms with E-state index < -0.39 is 28.3 Å². The number of carbonyl (C=O) groups excluding carboxylic acids is 1. The summed E-state index contributed by atoms with van der Waals surface area (Å²) in [4.78, 5) is 12.0. The number of rotatable bonds is 6. The van der Waals surface area contributed by atoms with Crippen molar-refractivity contribution in [1.29, 1.82) is 0 Å². The summed E-state index contributed by atoms with van der Waals surface area (Å²) in [6.07, 6.45) is 2.27. The number of nitrogens with one attached hydrogen (secondary N) is 1. The lowest BCUT2D eigenvalue weighted by molar-refractivity contribution is -0.119. The molecule has 0 atom stereocenters. The average Bonchev–Trinajstić information content (AvgIpc) is 2.56. The topological polar surface area (TPSA) is 78.8 Å². The lowest BCUT2D eigenvalue weighted by atomic mass is 10.2. The molecule has 2 aromatic rings. The molecule has 26 heavy (non-hydrogen) atoms. The number of hydrogen-bond donors (Lipinski definition) is 1. The minimum Gasteiger partial charge on any atom is -0.271 e. The van der Waals surface area contributed by atoms with Crippen molar-refractivity contribution in [2.24, 2.45) is 5.10 Å². The maximum absolute atomic E-state index is 12.8. The second-order valence-electron chi connectivity index (χ2n) is 5.21. The first kappa shape index (κ1) is 20.2. The molecule has 0 aliphatic heterocycles. The van der Waals surface area contributed by atoms with Crippen LogP contribution in [0.25, 0.3) is 0 Å². The van der Waals surface area contributed by atoms with Crippen molar-refractivity contribution in [2.75, 3.05) is 17.1 Å². The Kier molecular flexibility index (Phi) is 6.57. The van der Waals surface area contributed by atoms with Crippen LogP contribution in [0, 0.1) is 5.82 Å². The van der Waals surface area contributed by atoms with E-state index in [1.807, 2.05) is 0 Å². The van der Waals surface area contributed by atoms with Gasteiger partial charge in [0.1, 0.15) is 12.4 Å². The fourth-order valence-corrected chi connectivity index (χ4v) is 3.07. The molecule has 0 unspecified atom stereocenters. The number of hydrazone groups is 1. The van der Waals surface area contributed by atoms with Crippen molar-refractivity contribution in [2.45, 2.75) is 0 Å². The van der Waals surface area contributed by atoms with Crippen LogP contribution in [0.15, 0.2) is 47.6 Å². The van der Waals surface area contributed by atoms with Crippen LogP contribution in [0.4, 0.5) is 10.1 Å². The molecule has 0 fully saturated rings. The Labute approximate surface area is 160 Å². The molecular weight excluding hydrogens is 404 g/mol. The second kappa shape index (κ2) is 8.48. The van der Waals surface area contributed by atoms with Crippen LogP contribution in [0.3, 0.4) is 0 Å². The third-order valence-corrected chi connectivity index (χ3v) is 5.03. The van der Waals surface area contributed by atoms with Crippen LogP contribution < -0.4 is 9.73 Å². The maximum atomic E-state index is 12.8. The van der Waals surface area contributed by atoms with Crippen LogP contribution in [0.1, 0.15) is 5.56 Å². The molecular formula is C16H14Cl2FN3O3S. The lowest BCUT2D eigenvalue weighted by Crippen LogP contribution is -2.39. The number of halogens is 3. The molecule has 0 saturated carbocycles. The molecule has 0 bridgehead atoms. The van der Waals surface area contributed by atoms with E-state index in [9.17, 15) is 17.6 Å². The monoisotopic (exact) mass is 417 g/mol. The quantitative estimate of drug-likeness (QED) is 0.579. The number of nitrogens with zero attached hydrogens (tertiary/aromatic N) is 2. The third-order valence-electron chi connectivity index (χ3n) is 3.15. The highest BCUT2D eigenvalue weighted by atomic mass is 35.5. The molecule has 0 heterocycles. The predicted molar refractivity (Wildman–Crippen MR) is 101 cm³/mol. The van der Waals surface area contributed by atoms with E-state index in [0.29, 0.717) is 5.56 Å². The fourth-order valence-electron chi connectivity index (χ4n) is 1.93. The van der Waals surface area contributed by atoms with Crippen LogP contribution in [0.5, 0.6) is 0 Å². The average molecular weight is 418 g/mol. The van der Waals surface area contributed by atoms with Crippen molar-refractivity contribution in [1.82, 2.24) is 5.43 Å². The molecule has 0 aliphatic carbocycles. The zero-order valence-corrected chi connectivity index (χ0v) is 15.8. The summed E-state index contributed by atoms with van der Waals surface area (Å²) in [5, 5.41) is 4.14. The lowest BCUT2D eigenvalue weighted by Gasteiger charge is -2.21. The van der Waals surface area contributed by atoms with Crippen LogP contribution >= 0.6 is 23.2 Å². The molecule has 2 rings (SSSR count). The van der Waals surface area contributed by atoms with Gasteiger partial charge in [0, 0.05) is 0 Å². The SMILES string of the molecule is CS(=O)(=O)N(CC(=O)N/N=C\c1ccc(F)cc1)c1ccc(Cl)c(Cl)c1. The Morgan fingerprint density at radius 3 is 2.42 bits per heavy atom. The van der Waals surface area contributed by atoms with E-state index in [0.717, 1.165) is 10.6 Å². The molecule has 0 aromatic heterocycles. The molecule has 1 N–H and O–H groups in total. The van der Waals surface area contributed by atoms with E-state index in [4.69, 9.17) is 23.2 Å².